The van der Waals surface area contributed by atoms with E-state index in [1.54, 1.807) is 0 Å². The molecule has 41 heavy (non-hydrogen) atoms. The van der Waals surface area contributed by atoms with Crippen LogP contribution in [0.25, 0.3) is 50.6 Å². The first-order chi connectivity index (χ1) is 20.0. The summed E-state index contributed by atoms with van der Waals surface area (Å²) < 4.78 is 0. The zero-order valence-electron chi connectivity index (χ0n) is 23.1. The topological polar surface area (TPSA) is 62.5 Å². The fraction of sp³-hybridized carbons (Fsp3) is 0.135. The second kappa shape index (κ2) is 9.80. The molecule has 0 N–H and O–H groups in total. The summed E-state index contributed by atoms with van der Waals surface area (Å²) in [5.74, 6) is 2.03. The summed E-state index contributed by atoms with van der Waals surface area (Å²) >= 11 is 0. The SMILES string of the molecule is CC1(C)c2ccc(C#N)cc2-c2ccc(-c3cccc(-c4nc(C5=CCCC=C5)nc(-c5ccccc5)n4)c3)cc21. The summed E-state index contributed by atoms with van der Waals surface area (Å²) in [7, 11) is 0. The van der Waals surface area contributed by atoms with Gasteiger partial charge in [-0.2, -0.15) is 5.26 Å². The second-order valence-corrected chi connectivity index (χ2v) is 11.1. The lowest BCUT2D eigenvalue weighted by atomic mass is 9.81. The second-order valence-electron chi connectivity index (χ2n) is 11.1. The fourth-order valence-corrected chi connectivity index (χ4v) is 5.97. The summed E-state index contributed by atoms with van der Waals surface area (Å²) in [6, 6.07) is 33.5. The molecule has 0 spiro atoms. The van der Waals surface area contributed by atoms with E-state index in [0.29, 0.717) is 23.0 Å². The minimum atomic E-state index is -0.152. The summed E-state index contributed by atoms with van der Waals surface area (Å²) in [5, 5.41) is 9.46. The lowest BCUT2D eigenvalue weighted by Gasteiger charge is -2.22. The van der Waals surface area contributed by atoms with E-state index in [1.165, 1.54) is 16.7 Å². The summed E-state index contributed by atoms with van der Waals surface area (Å²) in [6.07, 6.45) is 8.51. The van der Waals surface area contributed by atoms with Gasteiger partial charge < -0.3 is 0 Å². The largest absolute Gasteiger partial charge is 0.208 e. The van der Waals surface area contributed by atoms with Crippen LogP contribution in [0, 0.1) is 11.3 Å². The molecule has 0 amide bonds. The Bertz CT molecular complexity index is 1920. The molecule has 0 bridgehead atoms. The molecule has 0 radical (unpaired) electrons. The van der Waals surface area contributed by atoms with Gasteiger partial charge in [0.2, 0.25) is 0 Å². The molecule has 0 fully saturated rings. The third kappa shape index (κ3) is 4.37. The van der Waals surface area contributed by atoms with Crippen molar-refractivity contribution in [3.05, 3.63) is 132 Å². The van der Waals surface area contributed by atoms with Crippen LogP contribution in [-0.4, -0.2) is 15.0 Å². The molecule has 0 unspecified atom stereocenters. The molecule has 1 heterocycles. The maximum absolute atomic E-state index is 9.46. The van der Waals surface area contributed by atoms with Crippen LogP contribution in [-0.2, 0) is 5.41 Å². The minimum Gasteiger partial charge on any atom is -0.208 e. The Morgan fingerprint density at radius 1 is 0.634 bits per heavy atom. The standard InChI is InChI=1S/C37H28N4/c1-37(2)32-19-16-24(23-38)20-31(32)30-18-17-28(22-33(30)37)27-14-9-15-29(21-27)36-40-34(25-10-5-3-6-11-25)39-35(41-36)26-12-7-4-8-13-26/h3,5-7,9-22H,4,8H2,1-2H3. The van der Waals surface area contributed by atoms with Gasteiger partial charge in [-0.25, -0.2) is 15.0 Å². The lowest BCUT2D eigenvalue weighted by molar-refractivity contribution is 0.660. The van der Waals surface area contributed by atoms with Gasteiger partial charge in [-0.15, -0.1) is 0 Å². The summed E-state index contributed by atoms with van der Waals surface area (Å²) in [5.41, 5.74) is 10.6. The van der Waals surface area contributed by atoms with Gasteiger partial charge in [-0.3, -0.25) is 0 Å². The number of hydrogen-bond acceptors (Lipinski definition) is 4. The van der Waals surface area contributed by atoms with Crippen LogP contribution in [0.3, 0.4) is 0 Å². The van der Waals surface area contributed by atoms with Crippen LogP contribution in [0.2, 0.25) is 0 Å². The molecule has 5 aromatic rings. The monoisotopic (exact) mass is 528 g/mol. The van der Waals surface area contributed by atoms with Crippen molar-refractivity contribution in [2.24, 2.45) is 0 Å². The fourth-order valence-electron chi connectivity index (χ4n) is 5.97. The highest BCUT2D eigenvalue weighted by molar-refractivity contribution is 5.85. The predicted octanol–water partition coefficient (Wildman–Crippen LogP) is 8.78. The van der Waals surface area contributed by atoms with E-state index in [2.05, 4.69) is 86.7 Å². The minimum absolute atomic E-state index is 0.152. The summed E-state index contributed by atoms with van der Waals surface area (Å²) in [6.45, 7) is 4.52. The Labute approximate surface area is 240 Å². The lowest BCUT2D eigenvalue weighted by Crippen LogP contribution is -2.15. The summed E-state index contributed by atoms with van der Waals surface area (Å²) in [4.78, 5) is 14.7. The third-order valence-corrected chi connectivity index (χ3v) is 8.18. The Hall–Kier alpha value is -5.14. The maximum Gasteiger partial charge on any atom is 0.164 e. The highest BCUT2D eigenvalue weighted by Gasteiger charge is 2.35. The van der Waals surface area contributed by atoms with Gasteiger partial charge in [0.1, 0.15) is 0 Å². The van der Waals surface area contributed by atoms with E-state index in [0.717, 1.165) is 46.2 Å². The number of hydrogen-bond donors (Lipinski definition) is 0. The Morgan fingerprint density at radius 3 is 2.15 bits per heavy atom. The maximum atomic E-state index is 9.46. The molecule has 0 saturated heterocycles. The number of fused-ring (bicyclic) bond motifs is 3. The number of rotatable bonds is 4. The van der Waals surface area contributed by atoms with E-state index in [1.807, 2.05) is 42.5 Å². The highest BCUT2D eigenvalue weighted by atomic mass is 15.0. The number of benzene rings is 4. The molecular weight excluding hydrogens is 500 g/mol. The van der Waals surface area contributed by atoms with Crippen molar-refractivity contribution in [2.45, 2.75) is 32.1 Å². The van der Waals surface area contributed by atoms with Gasteiger partial charge in [0.25, 0.3) is 0 Å². The van der Waals surface area contributed by atoms with Crippen LogP contribution >= 0.6 is 0 Å². The smallest absolute Gasteiger partial charge is 0.164 e. The molecule has 4 aromatic carbocycles. The Balaban J connectivity index is 1.32. The molecule has 2 aliphatic rings. The van der Waals surface area contributed by atoms with Crippen molar-refractivity contribution < 1.29 is 0 Å². The average Bonchev–Trinajstić information content (AvgIpc) is 3.27. The van der Waals surface area contributed by atoms with Gasteiger partial charge in [-0.05, 0) is 70.5 Å². The zero-order chi connectivity index (χ0) is 28.0. The van der Waals surface area contributed by atoms with E-state index in [4.69, 9.17) is 15.0 Å². The van der Waals surface area contributed by atoms with Crippen LogP contribution in [0.4, 0.5) is 0 Å². The normalized spacial score (nSPS) is 14.6. The van der Waals surface area contributed by atoms with Gasteiger partial charge in [0.15, 0.2) is 17.5 Å². The van der Waals surface area contributed by atoms with Gasteiger partial charge in [0, 0.05) is 22.1 Å². The van der Waals surface area contributed by atoms with Crippen LogP contribution in [0.1, 0.15) is 49.2 Å². The molecule has 0 saturated carbocycles. The van der Waals surface area contributed by atoms with Crippen LogP contribution < -0.4 is 0 Å². The highest BCUT2D eigenvalue weighted by Crippen LogP contribution is 2.50. The molecule has 0 aliphatic heterocycles. The molecule has 1 aromatic heterocycles. The zero-order valence-corrected chi connectivity index (χ0v) is 23.1. The van der Waals surface area contributed by atoms with Gasteiger partial charge >= 0.3 is 0 Å². The van der Waals surface area contributed by atoms with E-state index in [9.17, 15) is 5.26 Å². The number of allylic oxidation sites excluding steroid dienone is 4. The Kier molecular flexibility index (Phi) is 5.94. The van der Waals surface area contributed by atoms with E-state index < -0.39 is 0 Å². The molecule has 0 atom stereocenters. The van der Waals surface area contributed by atoms with Crippen molar-refractivity contribution in [1.82, 2.24) is 15.0 Å². The van der Waals surface area contributed by atoms with Crippen molar-refractivity contribution in [2.75, 3.05) is 0 Å². The van der Waals surface area contributed by atoms with E-state index >= 15 is 0 Å². The van der Waals surface area contributed by atoms with Crippen molar-refractivity contribution in [3.63, 3.8) is 0 Å². The molecule has 2 aliphatic carbocycles. The van der Waals surface area contributed by atoms with Crippen molar-refractivity contribution in [3.8, 4) is 51.1 Å². The van der Waals surface area contributed by atoms with E-state index in [-0.39, 0.29) is 5.41 Å². The Morgan fingerprint density at radius 2 is 1.37 bits per heavy atom. The molecule has 196 valence electrons. The van der Waals surface area contributed by atoms with Crippen molar-refractivity contribution in [1.29, 1.82) is 5.26 Å². The van der Waals surface area contributed by atoms with Crippen molar-refractivity contribution >= 4 is 5.57 Å². The molecule has 4 nitrogen and oxygen atoms in total. The quantitative estimate of drug-likeness (QED) is 0.234. The third-order valence-electron chi connectivity index (χ3n) is 8.18. The van der Waals surface area contributed by atoms with Gasteiger partial charge in [-0.1, -0.05) is 98.8 Å². The molecular formula is C37H28N4. The van der Waals surface area contributed by atoms with Gasteiger partial charge in [0.05, 0.1) is 11.6 Å². The first-order valence-corrected chi connectivity index (χ1v) is 14.0. The average molecular weight is 529 g/mol. The first-order valence-electron chi connectivity index (χ1n) is 14.0. The predicted molar refractivity (Wildman–Crippen MR) is 165 cm³/mol. The molecule has 7 rings (SSSR count). The number of nitrogens with zero attached hydrogens (tertiary/aromatic N) is 4. The number of aromatic nitrogens is 3. The first kappa shape index (κ1) is 24.9. The number of nitriles is 1. The van der Waals surface area contributed by atoms with Crippen LogP contribution in [0.5, 0.6) is 0 Å². The molecule has 4 heteroatoms. The van der Waals surface area contributed by atoms with Crippen LogP contribution in [0.15, 0.2) is 109 Å².